The lowest BCUT2D eigenvalue weighted by Crippen LogP contribution is -1.96. The fourth-order valence-corrected chi connectivity index (χ4v) is 3.14. The molecule has 0 saturated heterocycles. The van der Waals surface area contributed by atoms with Crippen LogP contribution in [0.4, 0.5) is 4.39 Å². The quantitative estimate of drug-likeness (QED) is 0.439. The predicted octanol–water partition coefficient (Wildman–Crippen LogP) is 4.96. The third-order valence-electron chi connectivity index (χ3n) is 3.04. The van der Waals surface area contributed by atoms with Crippen LogP contribution in [-0.4, -0.2) is 9.55 Å². The van der Waals surface area contributed by atoms with Crippen molar-refractivity contribution in [2.24, 2.45) is 0 Å². The van der Waals surface area contributed by atoms with E-state index in [4.69, 9.17) is 29.1 Å². The van der Waals surface area contributed by atoms with Crippen LogP contribution in [0.2, 0.25) is 5.02 Å². The maximum absolute atomic E-state index is 13.8. The molecule has 21 heavy (non-hydrogen) atoms. The van der Waals surface area contributed by atoms with E-state index in [0.717, 1.165) is 5.52 Å². The Labute approximate surface area is 143 Å². The molecule has 1 N–H and O–H groups in total. The molecule has 0 aliphatic heterocycles. The molecule has 0 atom stereocenters. The summed E-state index contributed by atoms with van der Waals surface area (Å²) in [7, 11) is 0. The van der Waals surface area contributed by atoms with Crippen LogP contribution in [-0.2, 0) is 0 Å². The fraction of sp³-hybridized carbons (Fsp3) is 0. The van der Waals surface area contributed by atoms with Gasteiger partial charge < -0.3 is 4.98 Å². The van der Waals surface area contributed by atoms with Crippen LogP contribution < -0.4 is 0 Å². The molecule has 0 aliphatic rings. The Kier molecular flexibility index (Phi) is 3.73. The standard InChI is InChI=1S/C14H6ClFIN3S/c15-8-3-7(6-18)1-2-12(8)20-13-4-9(16)10(17)5-11(13)19-14(20)21/h1-5H,(H,19,21). The fourth-order valence-electron chi connectivity index (χ4n) is 2.10. The summed E-state index contributed by atoms with van der Waals surface area (Å²) < 4.78 is 16.4. The van der Waals surface area contributed by atoms with Gasteiger partial charge in [-0.3, -0.25) is 4.57 Å². The summed E-state index contributed by atoms with van der Waals surface area (Å²) >= 11 is 13.4. The maximum atomic E-state index is 13.8. The molecule has 1 aromatic heterocycles. The van der Waals surface area contributed by atoms with Gasteiger partial charge in [0.1, 0.15) is 5.82 Å². The van der Waals surface area contributed by atoms with Crippen molar-refractivity contribution >= 4 is 57.4 Å². The molecular weight excluding hydrogens is 424 g/mol. The second-order valence-electron chi connectivity index (χ2n) is 4.33. The van der Waals surface area contributed by atoms with Crippen molar-refractivity contribution in [2.75, 3.05) is 0 Å². The summed E-state index contributed by atoms with van der Waals surface area (Å²) in [5, 5.41) is 9.26. The lowest BCUT2D eigenvalue weighted by Gasteiger charge is -2.07. The second-order valence-corrected chi connectivity index (χ2v) is 6.28. The van der Waals surface area contributed by atoms with E-state index in [1.807, 2.05) is 28.7 Å². The molecule has 0 spiro atoms. The van der Waals surface area contributed by atoms with Crippen LogP contribution in [0.1, 0.15) is 5.56 Å². The monoisotopic (exact) mass is 429 g/mol. The van der Waals surface area contributed by atoms with Crippen LogP contribution in [0.3, 0.4) is 0 Å². The molecule has 0 saturated carbocycles. The van der Waals surface area contributed by atoms with E-state index in [2.05, 4.69) is 4.98 Å². The summed E-state index contributed by atoms with van der Waals surface area (Å²) in [6, 6.07) is 10.0. The first-order valence-corrected chi connectivity index (χ1v) is 7.67. The lowest BCUT2D eigenvalue weighted by molar-refractivity contribution is 0.622. The van der Waals surface area contributed by atoms with Gasteiger partial charge in [0.15, 0.2) is 4.77 Å². The highest BCUT2D eigenvalue weighted by atomic mass is 127. The van der Waals surface area contributed by atoms with Crippen molar-refractivity contribution in [3.63, 3.8) is 0 Å². The van der Waals surface area contributed by atoms with Crippen LogP contribution in [0.15, 0.2) is 30.3 Å². The van der Waals surface area contributed by atoms with E-state index in [9.17, 15) is 4.39 Å². The lowest BCUT2D eigenvalue weighted by atomic mass is 10.2. The predicted molar refractivity (Wildman–Crippen MR) is 90.9 cm³/mol. The van der Waals surface area contributed by atoms with Gasteiger partial charge in [-0.1, -0.05) is 11.6 Å². The SMILES string of the molecule is N#Cc1ccc(-n2c(=S)[nH]c3cc(I)c(F)cc32)c(Cl)c1. The number of nitriles is 1. The van der Waals surface area contributed by atoms with E-state index < -0.39 is 0 Å². The zero-order valence-electron chi connectivity index (χ0n) is 10.3. The van der Waals surface area contributed by atoms with Crippen molar-refractivity contribution in [3.05, 3.63) is 55.1 Å². The molecular formula is C14H6ClFIN3S. The van der Waals surface area contributed by atoms with Gasteiger partial charge in [0.05, 0.1) is 36.9 Å². The summed E-state index contributed by atoms with van der Waals surface area (Å²) in [5.41, 5.74) is 2.39. The molecule has 2 aromatic carbocycles. The number of halogens is 3. The Balaban J connectivity index is 2.35. The Morgan fingerprint density at radius 2 is 2.10 bits per heavy atom. The molecule has 0 unspecified atom stereocenters. The van der Waals surface area contributed by atoms with Crippen molar-refractivity contribution in [2.45, 2.75) is 0 Å². The van der Waals surface area contributed by atoms with Crippen molar-refractivity contribution in [3.8, 4) is 11.8 Å². The number of hydrogen-bond acceptors (Lipinski definition) is 2. The molecule has 0 aliphatic carbocycles. The molecule has 3 aromatic rings. The third-order valence-corrected chi connectivity index (χ3v) is 4.46. The zero-order chi connectivity index (χ0) is 15.1. The van der Waals surface area contributed by atoms with E-state index in [1.165, 1.54) is 6.07 Å². The van der Waals surface area contributed by atoms with Gasteiger partial charge in [-0.05, 0) is 59.1 Å². The number of hydrogen-bond donors (Lipinski definition) is 1. The number of fused-ring (bicyclic) bond motifs is 1. The summed E-state index contributed by atoms with van der Waals surface area (Å²) in [6.07, 6.45) is 0. The maximum Gasteiger partial charge on any atom is 0.182 e. The molecule has 0 bridgehead atoms. The molecule has 0 amide bonds. The number of imidazole rings is 1. The Morgan fingerprint density at radius 1 is 1.33 bits per heavy atom. The van der Waals surface area contributed by atoms with Crippen LogP contribution in [0.25, 0.3) is 16.7 Å². The minimum absolute atomic E-state index is 0.324. The zero-order valence-corrected chi connectivity index (χ0v) is 14.1. The second kappa shape index (κ2) is 5.40. The average molecular weight is 430 g/mol. The molecule has 3 rings (SSSR count). The minimum Gasteiger partial charge on any atom is -0.330 e. The molecule has 0 fully saturated rings. The first-order valence-electron chi connectivity index (χ1n) is 5.81. The minimum atomic E-state index is -0.324. The number of H-pyrrole nitrogens is 1. The highest BCUT2D eigenvalue weighted by Crippen LogP contribution is 2.28. The van der Waals surface area contributed by atoms with Gasteiger partial charge in [-0.15, -0.1) is 0 Å². The summed E-state index contributed by atoms with van der Waals surface area (Å²) in [6.45, 7) is 0. The number of aromatic amines is 1. The van der Waals surface area contributed by atoms with Crippen LogP contribution in [0.5, 0.6) is 0 Å². The van der Waals surface area contributed by atoms with Crippen molar-refractivity contribution in [1.82, 2.24) is 9.55 Å². The van der Waals surface area contributed by atoms with Gasteiger partial charge in [0.2, 0.25) is 0 Å². The van der Waals surface area contributed by atoms with Gasteiger partial charge in [0, 0.05) is 6.07 Å². The van der Waals surface area contributed by atoms with Crippen molar-refractivity contribution in [1.29, 1.82) is 5.26 Å². The topological polar surface area (TPSA) is 44.5 Å². The first-order chi connectivity index (χ1) is 10.0. The third kappa shape index (κ3) is 2.46. The van der Waals surface area contributed by atoms with E-state index in [1.54, 1.807) is 28.8 Å². The average Bonchev–Trinajstić information content (AvgIpc) is 2.75. The van der Waals surface area contributed by atoms with E-state index in [-0.39, 0.29) is 5.82 Å². The molecule has 104 valence electrons. The largest absolute Gasteiger partial charge is 0.330 e. The number of benzene rings is 2. The van der Waals surface area contributed by atoms with Crippen LogP contribution >= 0.6 is 46.4 Å². The van der Waals surface area contributed by atoms with Crippen LogP contribution in [0, 0.1) is 25.5 Å². The van der Waals surface area contributed by atoms with Gasteiger partial charge in [0.25, 0.3) is 0 Å². The molecule has 3 nitrogen and oxygen atoms in total. The smallest absolute Gasteiger partial charge is 0.182 e. The summed E-state index contributed by atoms with van der Waals surface area (Å²) in [5.74, 6) is -0.324. The normalized spacial score (nSPS) is 10.8. The molecule has 1 heterocycles. The summed E-state index contributed by atoms with van der Waals surface area (Å²) in [4.78, 5) is 3.03. The molecule has 7 heteroatoms. The number of aromatic nitrogens is 2. The number of nitrogens with zero attached hydrogens (tertiary/aromatic N) is 2. The molecule has 0 radical (unpaired) electrons. The highest BCUT2D eigenvalue weighted by Gasteiger charge is 2.13. The Morgan fingerprint density at radius 3 is 2.76 bits per heavy atom. The van der Waals surface area contributed by atoms with Gasteiger partial charge >= 0.3 is 0 Å². The van der Waals surface area contributed by atoms with Crippen molar-refractivity contribution < 1.29 is 4.39 Å². The van der Waals surface area contributed by atoms with E-state index >= 15 is 0 Å². The van der Waals surface area contributed by atoms with Gasteiger partial charge in [-0.2, -0.15) is 5.26 Å². The Hall–Kier alpha value is -1.43. The Bertz CT molecular complexity index is 971. The van der Waals surface area contributed by atoms with E-state index in [0.29, 0.717) is 30.1 Å². The first kappa shape index (κ1) is 14.5. The van der Waals surface area contributed by atoms with Gasteiger partial charge in [-0.25, -0.2) is 4.39 Å². The number of rotatable bonds is 1. The number of nitrogens with one attached hydrogen (secondary N) is 1. The highest BCUT2D eigenvalue weighted by molar-refractivity contribution is 14.1.